The van der Waals surface area contributed by atoms with E-state index in [1.807, 2.05) is 6.92 Å². The SMILES string of the molecule is C#CCC(C)NCCCC(F)(F)F. The quantitative estimate of drug-likeness (QED) is 0.522. The summed E-state index contributed by atoms with van der Waals surface area (Å²) < 4.78 is 35.0. The van der Waals surface area contributed by atoms with Crippen molar-refractivity contribution in [1.29, 1.82) is 0 Å². The van der Waals surface area contributed by atoms with Crippen molar-refractivity contribution in [3.05, 3.63) is 0 Å². The van der Waals surface area contributed by atoms with Crippen molar-refractivity contribution >= 4 is 0 Å². The molecule has 0 aromatic rings. The second kappa shape index (κ2) is 5.87. The van der Waals surface area contributed by atoms with E-state index in [4.69, 9.17) is 6.42 Å². The minimum Gasteiger partial charge on any atom is -0.313 e. The van der Waals surface area contributed by atoms with Crippen molar-refractivity contribution in [2.24, 2.45) is 0 Å². The lowest BCUT2D eigenvalue weighted by atomic mass is 10.2. The third-order valence-electron chi connectivity index (χ3n) is 1.55. The van der Waals surface area contributed by atoms with Crippen LogP contribution in [0, 0.1) is 12.3 Å². The van der Waals surface area contributed by atoms with Crippen LogP contribution in [0.1, 0.15) is 26.2 Å². The lowest BCUT2D eigenvalue weighted by Gasteiger charge is -2.11. The van der Waals surface area contributed by atoms with Gasteiger partial charge in [-0.05, 0) is 19.9 Å². The van der Waals surface area contributed by atoms with Crippen LogP contribution in [0.2, 0.25) is 0 Å². The van der Waals surface area contributed by atoms with Gasteiger partial charge >= 0.3 is 6.18 Å². The van der Waals surface area contributed by atoms with E-state index in [1.54, 1.807) is 0 Å². The molecule has 0 radical (unpaired) electrons. The molecule has 0 amide bonds. The molecule has 0 saturated heterocycles. The van der Waals surface area contributed by atoms with Gasteiger partial charge in [0.05, 0.1) is 0 Å². The molecule has 1 nitrogen and oxygen atoms in total. The molecule has 0 saturated carbocycles. The number of nitrogens with one attached hydrogen (secondary N) is 1. The largest absolute Gasteiger partial charge is 0.389 e. The van der Waals surface area contributed by atoms with Gasteiger partial charge in [-0.25, -0.2) is 0 Å². The summed E-state index contributed by atoms with van der Waals surface area (Å²) in [6.07, 6.45) is 0.912. The number of hydrogen-bond donors (Lipinski definition) is 1. The fraction of sp³-hybridized carbons (Fsp3) is 0.778. The molecule has 0 aliphatic carbocycles. The Morgan fingerprint density at radius 3 is 2.54 bits per heavy atom. The van der Waals surface area contributed by atoms with E-state index in [9.17, 15) is 13.2 Å². The van der Waals surface area contributed by atoms with E-state index in [2.05, 4.69) is 11.2 Å². The van der Waals surface area contributed by atoms with Crippen LogP contribution in [0.4, 0.5) is 13.2 Å². The Hall–Kier alpha value is -0.690. The van der Waals surface area contributed by atoms with E-state index in [0.717, 1.165) is 0 Å². The molecule has 1 unspecified atom stereocenters. The minimum atomic E-state index is -4.04. The van der Waals surface area contributed by atoms with Crippen molar-refractivity contribution in [3.63, 3.8) is 0 Å². The highest BCUT2D eigenvalue weighted by Crippen LogP contribution is 2.20. The van der Waals surface area contributed by atoms with Gasteiger partial charge in [-0.2, -0.15) is 13.2 Å². The fourth-order valence-electron chi connectivity index (χ4n) is 0.886. The van der Waals surface area contributed by atoms with Crippen molar-refractivity contribution < 1.29 is 13.2 Å². The highest BCUT2D eigenvalue weighted by atomic mass is 19.4. The Morgan fingerprint density at radius 1 is 1.46 bits per heavy atom. The first-order chi connectivity index (χ1) is 5.95. The van der Waals surface area contributed by atoms with E-state index in [1.165, 1.54) is 0 Å². The third kappa shape index (κ3) is 9.22. The molecular formula is C9H14F3N. The van der Waals surface area contributed by atoms with Gasteiger partial charge in [-0.1, -0.05) is 0 Å². The summed E-state index contributed by atoms with van der Waals surface area (Å²) in [6.45, 7) is 2.22. The fourth-order valence-corrected chi connectivity index (χ4v) is 0.886. The predicted molar refractivity (Wildman–Crippen MR) is 46.2 cm³/mol. The van der Waals surface area contributed by atoms with E-state index in [0.29, 0.717) is 13.0 Å². The zero-order valence-electron chi connectivity index (χ0n) is 7.62. The second-order valence-electron chi connectivity index (χ2n) is 2.98. The van der Waals surface area contributed by atoms with Gasteiger partial charge in [0.15, 0.2) is 0 Å². The molecule has 0 bridgehead atoms. The average molecular weight is 193 g/mol. The molecule has 76 valence electrons. The summed E-state index contributed by atoms with van der Waals surface area (Å²) in [6, 6.07) is 0.0956. The molecule has 0 aliphatic heterocycles. The summed E-state index contributed by atoms with van der Waals surface area (Å²) in [5, 5.41) is 2.91. The van der Waals surface area contributed by atoms with E-state index >= 15 is 0 Å². The second-order valence-corrected chi connectivity index (χ2v) is 2.98. The molecule has 0 aromatic heterocycles. The molecular weight excluding hydrogens is 179 g/mol. The maximum Gasteiger partial charge on any atom is 0.389 e. The van der Waals surface area contributed by atoms with Crippen molar-refractivity contribution in [2.45, 2.75) is 38.4 Å². The summed E-state index contributed by atoms with van der Waals surface area (Å²) in [5.74, 6) is 2.44. The summed E-state index contributed by atoms with van der Waals surface area (Å²) >= 11 is 0. The Bertz CT molecular complexity index is 169. The smallest absolute Gasteiger partial charge is 0.313 e. The maximum atomic E-state index is 11.7. The van der Waals surface area contributed by atoms with Crippen LogP contribution < -0.4 is 5.32 Å². The zero-order valence-corrected chi connectivity index (χ0v) is 7.62. The van der Waals surface area contributed by atoms with Crippen molar-refractivity contribution in [3.8, 4) is 12.3 Å². The van der Waals surface area contributed by atoms with E-state index in [-0.39, 0.29) is 12.5 Å². The minimum absolute atomic E-state index is 0.0956. The normalized spacial score (nSPS) is 13.8. The lowest BCUT2D eigenvalue weighted by molar-refractivity contribution is -0.135. The molecule has 0 rings (SSSR count). The van der Waals surface area contributed by atoms with Crippen LogP contribution in [0.3, 0.4) is 0 Å². The first-order valence-corrected chi connectivity index (χ1v) is 4.19. The third-order valence-corrected chi connectivity index (χ3v) is 1.55. The number of hydrogen-bond acceptors (Lipinski definition) is 1. The Kier molecular flexibility index (Phi) is 5.56. The van der Waals surface area contributed by atoms with Gasteiger partial charge in [-0.15, -0.1) is 12.3 Å². The molecule has 0 heterocycles. The topological polar surface area (TPSA) is 12.0 Å². The predicted octanol–water partition coefficient (Wildman–Crippen LogP) is 2.33. The number of halogens is 3. The Morgan fingerprint density at radius 2 is 2.08 bits per heavy atom. The van der Waals surface area contributed by atoms with Gasteiger partial charge in [0.25, 0.3) is 0 Å². The van der Waals surface area contributed by atoms with Crippen LogP contribution >= 0.6 is 0 Å². The van der Waals surface area contributed by atoms with Crippen LogP contribution in [-0.4, -0.2) is 18.8 Å². The average Bonchev–Trinajstić information content (AvgIpc) is 1.97. The summed E-state index contributed by atoms with van der Waals surface area (Å²) in [5.41, 5.74) is 0. The molecule has 1 atom stereocenters. The first-order valence-electron chi connectivity index (χ1n) is 4.19. The summed E-state index contributed by atoms with van der Waals surface area (Å²) in [7, 11) is 0. The van der Waals surface area contributed by atoms with Crippen LogP contribution in [0.25, 0.3) is 0 Å². The molecule has 1 N–H and O–H groups in total. The molecule has 0 spiro atoms. The number of rotatable bonds is 5. The van der Waals surface area contributed by atoms with Gasteiger partial charge in [0, 0.05) is 18.9 Å². The van der Waals surface area contributed by atoms with Crippen LogP contribution in [0.5, 0.6) is 0 Å². The number of alkyl halides is 3. The Labute approximate surface area is 76.7 Å². The maximum absolute atomic E-state index is 11.7. The van der Waals surface area contributed by atoms with Crippen LogP contribution in [0.15, 0.2) is 0 Å². The monoisotopic (exact) mass is 193 g/mol. The Balaban J connectivity index is 3.32. The molecule has 13 heavy (non-hydrogen) atoms. The van der Waals surface area contributed by atoms with Crippen molar-refractivity contribution in [2.75, 3.05) is 6.54 Å². The van der Waals surface area contributed by atoms with E-state index < -0.39 is 12.6 Å². The van der Waals surface area contributed by atoms with Gasteiger partial charge in [0.2, 0.25) is 0 Å². The standard InChI is InChI=1S/C9H14F3N/c1-3-5-8(2)13-7-4-6-9(10,11)12/h1,8,13H,4-7H2,2H3. The van der Waals surface area contributed by atoms with Gasteiger partial charge in [-0.3, -0.25) is 0 Å². The first kappa shape index (κ1) is 12.3. The molecule has 0 aromatic carbocycles. The van der Waals surface area contributed by atoms with Crippen LogP contribution in [-0.2, 0) is 0 Å². The lowest BCUT2D eigenvalue weighted by Crippen LogP contribution is -2.27. The highest BCUT2D eigenvalue weighted by Gasteiger charge is 2.25. The van der Waals surface area contributed by atoms with Gasteiger partial charge in [0.1, 0.15) is 0 Å². The molecule has 0 fully saturated rings. The number of terminal acetylenes is 1. The molecule has 0 aliphatic rings. The van der Waals surface area contributed by atoms with Gasteiger partial charge < -0.3 is 5.32 Å². The molecule has 4 heteroatoms. The highest BCUT2D eigenvalue weighted by molar-refractivity contribution is 4.87. The zero-order chi connectivity index (χ0) is 10.3. The summed E-state index contributed by atoms with van der Waals surface area (Å²) in [4.78, 5) is 0. The van der Waals surface area contributed by atoms with Crippen molar-refractivity contribution in [1.82, 2.24) is 5.32 Å².